The molecule has 0 amide bonds. The van der Waals surface area contributed by atoms with Gasteiger partial charge in [-0.1, -0.05) is 18.0 Å². The van der Waals surface area contributed by atoms with Gasteiger partial charge in [0.05, 0.1) is 13.3 Å². The van der Waals surface area contributed by atoms with Crippen LogP contribution in [0.5, 0.6) is 6.01 Å². The minimum Gasteiger partial charge on any atom is -0.467 e. The highest BCUT2D eigenvalue weighted by atomic mass is 35.5. The van der Waals surface area contributed by atoms with E-state index in [1.165, 1.54) is 19.3 Å². The molecule has 0 aromatic carbocycles. The fourth-order valence-corrected chi connectivity index (χ4v) is 2.58. The molecule has 0 aliphatic carbocycles. The Morgan fingerprint density at radius 2 is 2.37 bits per heavy atom. The number of nitrogens with one attached hydrogen (secondary N) is 1. The first-order chi connectivity index (χ1) is 9.24. The third-order valence-electron chi connectivity index (χ3n) is 3.42. The predicted octanol–water partition coefficient (Wildman–Crippen LogP) is 2.11. The summed E-state index contributed by atoms with van der Waals surface area (Å²) in [6.45, 7) is 4.98. The Kier molecular flexibility index (Phi) is 5.22. The monoisotopic (exact) mass is 284 g/mol. The summed E-state index contributed by atoms with van der Waals surface area (Å²) in [5.74, 6) is 0.753. The van der Waals surface area contributed by atoms with Crippen LogP contribution in [-0.4, -0.2) is 42.8 Å². The predicted molar refractivity (Wildman–Crippen MR) is 77.1 cm³/mol. The average Bonchev–Trinajstić information content (AvgIpc) is 2.47. The normalized spacial score (nSPS) is 19.2. The molecular formula is C13H21ClN4O. The van der Waals surface area contributed by atoms with Crippen LogP contribution in [0.25, 0.3) is 0 Å². The van der Waals surface area contributed by atoms with Crippen LogP contribution < -0.4 is 15.0 Å². The van der Waals surface area contributed by atoms with E-state index in [4.69, 9.17) is 16.3 Å². The zero-order valence-corrected chi connectivity index (χ0v) is 12.3. The van der Waals surface area contributed by atoms with Gasteiger partial charge in [-0.05, 0) is 26.3 Å². The Morgan fingerprint density at radius 3 is 3.00 bits per heavy atom. The van der Waals surface area contributed by atoms with Crippen molar-refractivity contribution >= 4 is 17.4 Å². The molecular weight excluding hydrogens is 264 g/mol. The lowest BCUT2D eigenvalue weighted by molar-refractivity contribution is 0.377. The third-order valence-corrected chi connectivity index (χ3v) is 3.69. The molecule has 106 valence electrons. The van der Waals surface area contributed by atoms with Gasteiger partial charge in [0.15, 0.2) is 5.82 Å². The summed E-state index contributed by atoms with van der Waals surface area (Å²) in [6.07, 6.45) is 5.36. The molecule has 1 atom stereocenters. The number of methoxy groups -OCH3 is 1. The highest BCUT2D eigenvalue weighted by Gasteiger charge is 2.19. The number of aromatic nitrogens is 2. The van der Waals surface area contributed by atoms with Crippen molar-refractivity contribution in [2.24, 2.45) is 0 Å². The topological polar surface area (TPSA) is 50.3 Å². The molecule has 2 rings (SSSR count). The van der Waals surface area contributed by atoms with E-state index in [9.17, 15) is 0 Å². The van der Waals surface area contributed by atoms with Gasteiger partial charge in [0, 0.05) is 19.1 Å². The van der Waals surface area contributed by atoms with Crippen LogP contribution in [-0.2, 0) is 0 Å². The number of nitrogens with zero attached hydrogens (tertiary/aromatic N) is 3. The van der Waals surface area contributed by atoms with Crippen LogP contribution in [0.1, 0.15) is 26.2 Å². The van der Waals surface area contributed by atoms with Crippen molar-refractivity contribution < 1.29 is 4.74 Å². The van der Waals surface area contributed by atoms with Crippen molar-refractivity contribution in [1.82, 2.24) is 15.3 Å². The summed E-state index contributed by atoms with van der Waals surface area (Å²) < 4.78 is 5.07. The van der Waals surface area contributed by atoms with Gasteiger partial charge in [-0.3, -0.25) is 0 Å². The van der Waals surface area contributed by atoms with Crippen LogP contribution >= 0.6 is 11.6 Å². The van der Waals surface area contributed by atoms with Crippen LogP contribution in [0, 0.1) is 0 Å². The van der Waals surface area contributed by atoms with E-state index in [-0.39, 0.29) is 0 Å². The van der Waals surface area contributed by atoms with Crippen LogP contribution in [0.3, 0.4) is 0 Å². The molecule has 1 aromatic rings. The number of likely N-dealkylation sites (N-methyl/N-ethyl adjacent to an activating group) is 1. The fourth-order valence-electron chi connectivity index (χ4n) is 2.37. The molecule has 0 spiro atoms. The van der Waals surface area contributed by atoms with Crippen molar-refractivity contribution in [3.05, 3.63) is 11.2 Å². The summed E-state index contributed by atoms with van der Waals surface area (Å²) in [6, 6.07) is 0.861. The van der Waals surface area contributed by atoms with Gasteiger partial charge in [-0.25, -0.2) is 4.98 Å². The Labute approximate surface area is 119 Å². The van der Waals surface area contributed by atoms with E-state index in [0.717, 1.165) is 25.5 Å². The van der Waals surface area contributed by atoms with Crippen LogP contribution in [0.15, 0.2) is 6.20 Å². The lowest BCUT2D eigenvalue weighted by Gasteiger charge is -2.31. The van der Waals surface area contributed by atoms with Gasteiger partial charge in [-0.2, -0.15) is 4.98 Å². The minimum absolute atomic E-state index is 0.356. The van der Waals surface area contributed by atoms with E-state index >= 15 is 0 Å². The van der Waals surface area contributed by atoms with E-state index in [2.05, 4.69) is 27.1 Å². The van der Waals surface area contributed by atoms with E-state index in [1.54, 1.807) is 13.3 Å². The summed E-state index contributed by atoms with van der Waals surface area (Å²) in [4.78, 5) is 10.5. The number of hydrogen-bond donors (Lipinski definition) is 1. The summed E-state index contributed by atoms with van der Waals surface area (Å²) >= 11 is 6.20. The Balaban J connectivity index is 2.11. The lowest BCUT2D eigenvalue weighted by atomic mass is 10.0. The number of rotatable bonds is 5. The van der Waals surface area contributed by atoms with Crippen molar-refractivity contribution in [3.63, 3.8) is 0 Å². The summed E-state index contributed by atoms with van der Waals surface area (Å²) in [5.41, 5.74) is 0. The molecule has 2 heterocycles. The number of ether oxygens (including phenoxy) is 1. The van der Waals surface area contributed by atoms with Gasteiger partial charge in [0.25, 0.3) is 0 Å². The smallest absolute Gasteiger partial charge is 0.318 e. The van der Waals surface area contributed by atoms with Crippen molar-refractivity contribution in [2.45, 2.75) is 32.2 Å². The van der Waals surface area contributed by atoms with Crippen molar-refractivity contribution in [3.8, 4) is 6.01 Å². The Morgan fingerprint density at radius 1 is 1.53 bits per heavy atom. The average molecular weight is 285 g/mol. The summed E-state index contributed by atoms with van der Waals surface area (Å²) in [5, 5.41) is 4.11. The third kappa shape index (κ3) is 3.70. The largest absolute Gasteiger partial charge is 0.467 e. The van der Waals surface area contributed by atoms with E-state index < -0.39 is 0 Å². The first kappa shape index (κ1) is 14.3. The molecule has 0 saturated carbocycles. The first-order valence-corrected chi connectivity index (χ1v) is 7.17. The molecule has 1 aromatic heterocycles. The zero-order chi connectivity index (χ0) is 13.7. The number of anilines is 1. The first-order valence-electron chi connectivity index (χ1n) is 6.79. The maximum atomic E-state index is 6.20. The SMILES string of the molecule is CCN(CC1CCCCN1)c1nc(OC)ncc1Cl. The molecule has 5 nitrogen and oxygen atoms in total. The Bertz CT molecular complexity index is 410. The van der Waals surface area contributed by atoms with Gasteiger partial charge in [0.1, 0.15) is 5.02 Å². The molecule has 1 unspecified atom stereocenters. The maximum Gasteiger partial charge on any atom is 0.318 e. The van der Waals surface area contributed by atoms with E-state index in [0.29, 0.717) is 17.1 Å². The number of hydrogen-bond acceptors (Lipinski definition) is 5. The molecule has 0 bridgehead atoms. The molecule has 1 aliphatic heterocycles. The molecule has 1 N–H and O–H groups in total. The van der Waals surface area contributed by atoms with Crippen LogP contribution in [0.4, 0.5) is 5.82 Å². The molecule has 1 fully saturated rings. The fraction of sp³-hybridized carbons (Fsp3) is 0.692. The number of halogens is 1. The molecule has 1 aliphatic rings. The molecule has 1 saturated heterocycles. The zero-order valence-electron chi connectivity index (χ0n) is 11.5. The second-order valence-corrected chi connectivity index (χ2v) is 5.12. The minimum atomic E-state index is 0.356. The van der Waals surface area contributed by atoms with E-state index in [1.807, 2.05) is 0 Å². The summed E-state index contributed by atoms with van der Waals surface area (Å²) in [7, 11) is 1.56. The molecule has 6 heteroatoms. The maximum absolute atomic E-state index is 6.20. The molecule has 0 radical (unpaired) electrons. The second kappa shape index (κ2) is 6.91. The van der Waals surface area contributed by atoms with Gasteiger partial charge in [0.2, 0.25) is 0 Å². The second-order valence-electron chi connectivity index (χ2n) is 4.71. The molecule has 19 heavy (non-hydrogen) atoms. The number of piperidine rings is 1. The lowest BCUT2D eigenvalue weighted by Crippen LogP contribution is -2.44. The van der Waals surface area contributed by atoms with Crippen LogP contribution in [0.2, 0.25) is 5.02 Å². The highest BCUT2D eigenvalue weighted by molar-refractivity contribution is 6.32. The Hall–Kier alpha value is -1.07. The van der Waals surface area contributed by atoms with Gasteiger partial charge in [-0.15, -0.1) is 0 Å². The van der Waals surface area contributed by atoms with Gasteiger partial charge >= 0.3 is 6.01 Å². The van der Waals surface area contributed by atoms with Crippen molar-refractivity contribution in [2.75, 3.05) is 31.6 Å². The highest BCUT2D eigenvalue weighted by Crippen LogP contribution is 2.25. The van der Waals surface area contributed by atoms with Crippen molar-refractivity contribution in [1.29, 1.82) is 0 Å². The quantitative estimate of drug-likeness (QED) is 0.897. The standard InChI is InChI=1S/C13H21ClN4O/c1-3-18(9-10-6-4-5-7-15-10)12-11(14)8-16-13(17-12)19-2/h8,10,15H,3-7,9H2,1-2H3. The van der Waals surface area contributed by atoms with Gasteiger partial charge < -0.3 is 15.0 Å².